The molecule has 4 rings (SSSR count). The Morgan fingerprint density at radius 1 is 1.26 bits per heavy atom. The van der Waals surface area contributed by atoms with E-state index in [9.17, 15) is 9.59 Å². The van der Waals surface area contributed by atoms with E-state index in [0.717, 1.165) is 28.4 Å². The number of nitrogens with zero attached hydrogens (tertiary/aromatic N) is 4. The van der Waals surface area contributed by atoms with Crippen molar-refractivity contribution in [1.29, 1.82) is 0 Å². The van der Waals surface area contributed by atoms with E-state index in [2.05, 4.69) is 9.97 Å². The smallest absolute Gasteiger partial charge is 0.410 e. The lowest BCUT2D eigenvalue weighted by atomic mass is 10.1. The average Bonchev–Trinajstić information content (AvgIpc) is 3.28. The Kier molecular flexibility index (Phi) is 4.62. The fourth-order valence-corrected chi connectivity index (χ4v) is 3.21. The van der Waals surface area contributed by atoms with Gasteiger partial charge in [0.25, 0.3) is 0 Å². The molecular weight excluding hydrogens is 348 g/mol. The van der Waals surface area contributed by atoms with Crippen LogP contribution >= 0.6 is 0 Å². The van der Waals surface area contributed by atoms with E-state index in [0.29, 0.717) is 32.7 Å². The fourth-order valence-electron chi connectivity index (χ4n) is 3.21. The lowest BCUT2D eigenvalue weighted by Crippen LogP contribution is -2.38. The van der Waals surface area contributed by atoms with Crippen LogP contribution in [0.2, 0.25) is 0 Å². The third kappa shape index (κ3) is 3.69. The summed E-state index contributed by atoms with van der Waals surface area (Å²) in [5, 5.41) is 0. The van der Waals surface area contributed by atoms with Gasteiger partial charge in [0.15, 0.2) is 0 Å². The van der Waals surface area contributed by atoms with E-state index in [1.54, 1.807) is 18.2 Å². The second kappa shape index (κ2) is 7.22. The van der Waals surface area contributed by atoms with Crippen LogP contribution in [0, 0.1) is 0 Å². The van der Waals surface area contributed by atoms with Crippen molar-refractivity contribution in [2.24, 2.45) is 0 Å². The summed E-state index contributed by atoms with van der Waals surface area (Å²) in [6, 6.07) is 7.79. The predicted octanol–water partition coefficient (Wildman–Crippen LogP) is 1.37. The van der Waals surface area contributed by atoms with Crippen molar-refractivity contribution in [2.45, 2.75) is 19.5 Å². The molecule has 8 heteroatoms. The molecule has 0 spiro atoms. The lowest BCUT2D eigenvalue weighted by Gasteiger charge is -2.18. The van der Waals surface area contributed by atoms with Crippen molar-refractivity contribution in [3.8, 4) is 5.75 Å². The molecule has 2 aliphatic heterocycles. The molecular formula is C19H20N4O4. The van der Waals surface area contributed by atoms with Crippen LogP contribution in [-0.2, 0) is 29.0 Å². The third-order valence-electron chi connectivity index (χ3n) is 4.75. The number of ether oxygens (including phenoxy) is 2. The monoisotopic (exact) mass is 368 g/mol. The van der Waals surface area contributed by atoms with Gasteiger partial charge >= 0.3 is 6.09 Å². The summed E-state index contributed by atoms with van der Waals surface area (Å²) < 4.78 is 10.0. The second-order valence-corrected chi connectivity index (χ2v) is 6.57. The molecule has 1 aromatic heterocycles. The number of fused-ring (bicyclic) bond motifs is 1. The largest absolute Gasteiger partial charge is 0.497 e. The molecule has 0 saturated carbocycles. The zero-order valence-electron chi connectivity index (χ0n) is 15.1. The Morgan fingerprint density at radius 2 is 2.07 bits per heavy atom. The average molecular weight is 368 g/mol. The van der Waals surface area contributed by atoms with E-state index in [-0.39, 0.29) is 12.5 Å². The number of rotatable bonds is 5. The van der Waals surface area contributed by atoms with Crippen molar-refractivity contribution in [1.82, 2.24) is 19.8 Å². The Labute approximate surface area is 156 Å². The van der Waals surface area contributed by atoms with Crippen LogP contribution < -0.4 is 4.74 Å². The van der Waals surface area contributed by atoms with Gasteiger partial charge in [-0.05, 0) is 17.7 Å². The van der Waals surface area contributed by atoms with Gasteiger partial charge in [0, 0.05) is 24.7 Å². The maximum absolute atomic E-state index is 12.5. The molecule has 1 saturated heterocycles. The van der Waals surface area contributed by atoms with Gasteiger partial charge in [-0.1, -0.05) is 12.1 Å². The molecule has 0 aliphatic carbocycles. The number of carbonyl (C=O) groups excluding carboxylic acids is 2. The molecule has 8 nitrogen and oxygen atoms in total. The standard InChI is InChI=1S/C19H20N4O4/c1-26-15-4-2-13(3-5-15)8-17-20-9-14-10-23(11-16(14)21-17)18(24)12-22-6-7-27-19(22)25/h2-5,9H,6-8,10-12H2,1H3. The minimum Gasteiger partial charge on any atom is -0.497 e. The zero-order chi connectivity index (χ0) is 18.8. The minimum atomic E-state index is -0.429. The number of benzene rings is 1. The molecule has 2 aliphatic rings. The summed E-state index contributed by atoms with van der Waals surface area (Å²) >= 11 is 0. The first kappa shape index (κ1) is 17.3. The van der Waals surface area contributed by atoms with Crippen LogP contribution in [0.5, 0.6) is 5.75 Å². The van der Waals surface area contributed by atoms with E-state index in [1.165, 1.54) is 4.90 Å². The molecule has 0 bridgehead atoms. The molecule has 1 aromatic carbocycles. The number of hydrogen-bond donors (Lipinski definition) is 0. The topological polar surface area (TPSA) is 84.9 Å². The number of hydrogen-bond acceptors (Lipinski definition) is 6. The van der Waals surface area contributed by atoms with Gasteiger partial charge in [-0.3, -0.25) is 9.69 Å². The molecule has 0 unspecified atom stereocenters. The summed E-state index contributed by atoms with van der Waals surface area (Å²) in [4.78, 5) is 36.2. The van der Waals surface area contributed by atoms with Crippen LogP contribution in [0.1, 0.15) is 22.6 Å². The number of methoxy groups -OCH3 is 1. The highest BCUT2D eigenvalue weighted by Crippen LogP contribution is 2.22. The van der Waals surface area contributed by atoms with Gasteiger partial charge in [0.05, 0.1) is 25.9 Å². The zero-order valence-corrected chi connectivity index (χ0v) is 15.1. The summed E-state index contributed by atoms with van der Waals surface area (Å²) in [5.74, 6) is 1.42. The first-order chi connectivity index (χ1) is 13.1. The van der Waals surface area contributed by atoms with E-state index in [1.807, 2.05) is 24.3 Å². The predicted molar refractivity (Wildman–Crippen MR) is 95.0 cm³/mol. The Hall–Kier alpha value is -3.16. The van der Waals surface area contributed by atoms with E-state index in [4.69, 9.17) is 9.47 Å². The molecule has 0 radical (unpaired) electrons. The number of aromatic nitrogens is 2. The Bertz CT molecular complexity index is 869. The van der Waals surface area contributed by atoms with Gasteiger partial charge in [-0.2, -0.15) is 0 Å². The minimum absolute atomic E-state index is 0.0406. The maximum Gasteiger partial charge on any atom is 0.410 e. The van der Waals surface area contributed by atoms with Crippen LogP contribution in [0.3, 0.4) is 0 Å². The summed E-state index contributed by atoms with van der Waals surface area (Å²) in [7, 11) is 1.64. The molecule has 0 atom stereocenters. The van der Waals surface area contributed by atoms with Gasteiger partial charge in [0.2, 0.25) is 5.91 Å². The summed E-state index contributed by atoms with van der Waals surface area (Å²) in [5.41, 5.74) is 2.91. The van der Waals surface area contributed by atoms with Crippen molar-refractivity contribution >= 4 is 12.0 Å². The molecule has 1 fully saturated rings. The first-order valence-electron chi connectivity index (χ1n) is 8.78. The molecule has 3 heterocycles. The van der Waals surface area contributed by atoms with E-state index >= 15 is 0 Å². The maximum atomic E-state index is 12.5. The SMILES string of the molecule is COc1ccc(Cc2ncc3c(n2)CN(C(=O)CN2CCOC2=O)C3)cc1. The third-order valence-corrected chi connectivity index (χ3v) is 4.75. The number of cyclic esters (lactones) is 1. The van der Waals surface area contributed by atoms with Gasteiger partial charge in [0.1, 0.15) is 24.7 Å². The fraction of sp³-hybridized carbons (Fsp3) is 0.368. The Balaban J connectivity index is 1.40. The lowest BCUT2D eigenvalue weighted by molar-refractivity contribution is -0.132. The molecule has 27 heavy (non-hydrogen) atoms. The van der Waals surface area contributed by atoms with Crippen LogP contribution in [0.15, 0.2) is 30.5 Å². The highest BCUT2D eigenvalue weighted by atomic mass is 16.6. The Morgan fingerprint density at radius 3 is 2.78 bits per heavy atom. The summed E-state index contributed by atoms with van der Waals surface area (Å²) in [6.07, 6.45) is 1.98. The van der Waals surface area contributed by atoms with Crippen LogP contribution in [0.4, 0.5) is 4.79 Å². The molecule has 2 amide bonds. The van der Waals surface area contributed by atoms with Gasteiger partial charge in [-0.15, -0.1) is 0 Å². The van der Waals surface area contributed by atoms with Gasteiger partial charge < -0.3 is 14.4 Å². The quantitative estimate of drug-likeness (QED) is 0.793. The highest BCUT2D eigenvalue weighted by molar-refractivity contribution is 5.83. The second-order valence-electron chi connectivity index (χ2n) is 6.57. The molecule has 2 aromatic rings. The van der Waals surface area contributed by atoms with Crippen molar-refractivity contribution < 1.29 is 19.1 Å². The summed E-state index contributed by atoms with van der Waals surface area (Å²) in [6.45, 7) is 1.75. The van der Waals surface area contributed by atoms with Gasteiger partial charge in [-0.25, -0.2) is 14.8 Å². The first-order valence-corrected chi connectivity index (χ1v) is 8.78. The van der Waals surface area contributed by atoms with Crippen molar-refractivity contribution in [3.63, 3.8) is 0 Å². The van der Waals surface area contributed by atoms with Crippen molar-refractivity contribution in [2.75, 3.05) is 26.8 Å². The number of carbonyl (C=O) groups is 2. The number of amides is 2. The highest BCUT2D eigenvalue weighted by Gasteiger charge is 2.30. The normalized spacial score (nSPS) is 15.7. The van der Waals surface area contributed by atoms with Crippen LogP contribution in [0.25, 0.3) is 0 Å². The van der Waals surface area contributed by atoms with E-state index < -0.39 is 6.09 Å². The molecule has 140 valence electrons. The van der Waals surface area contributed by atoms with Crippen LogP contribution in [-0.4, -0.2) is 58.6 Å². The van der Waals surface area contributed by atoms with Crippen molar-refractivity contribution in [3.05, 3.63) is 53.1 Å². The molecule has 0 N–H and O–H groups in total.